The van der Waals surface area contributed by atoms with E-state index in [4.69, 9.17) is 0 Å². The van der Waals surface area contributed by atoms with Crippen LogP contribution in [-0.2, 0) is 5.41 Å². The van der Waals surface area contributed by atoms with Crippen molar-refractivity contribution in [3.8, 4) is 0 Å². The van der Waals surface area contributed by atoms with E-state index in [2.05, 4.69) is 56.0 Å². The minimum absolute atomic E-state index is 0.246. The van der Waals surface area contributed by atoms with Crippen LogP contribution in [0, 0.1) is 13.8 Å². The first-order valence-corrected chi connectivity index (χ1v) is 5.28. The zero-order valence-electron chi connectivity index (χ0n) is 9.23. The van der Waals surface area contributed by atoms with Crippen LogP contribution in [0.4, 0.5) is 0 Å². The highest BCUT2D eigenvalue weighted by atomic mass is 31.0. The van der Waals surface area contributed by atoms with Gasteiger partial charge in [-0.3, -0.25) is 0 Å². The molecule has 13 heavy (non-hydrogen) atoms. The summed E-state index contributed by atoms with van der Waals surface area (Å²) in [5, 5.41) is 1.37. The number of hydrogen-bond donors (Lipinski definition) is 0. The van der Waals surface area contributed by atoms with Crippen LogP contribution in [0.15, 0.2) is 12.1 Å². The van der Waals surface area contributed by atoms with Gasteiger partial charge in [0.05, 0.1) is 0 Å². The van der Waals surface area contributed by atoms with Crippen LogP contribution in [0.25, 0.3) is 0 Å². The molecule has 0 aliphatic carbocycles. The molecule has 0 N–H and O–H groups in total. The molecule has 0 aliphatic rings. The second-order valence-corrected chi connectivity index (χ2v) is 5.30. The van der Waals surface area contributed by atoms with Crippen LogP contribution in [0.3, 0.4) is 0 Å². The number of rotatable bonds is 0. The van der Waals surface area contributed by atoms with Crippen LogP contribution in [-0.4, -0.2) is 0 Å². The molecule has 0 bridgehead atoms. The molecule has 1 atom stereocenters. The van der Waals surface area contributed by atoms with Crippen LogP contribution < -0.4 is 5.30 Å². The molecule has 0 saturated carbocycles. The Morgan fingerprint density at radius 2 is 1.62 bits per heavy atom. The third kappa shape index (κ3) is 2.11. The third-order valence-corrected chi connectivity index (χ3v) is 3.34. The smallest absolute Gasteiger partial charge is 0.0126 e. The van der Waals surface area contributed by atoms with Crippen LogP contribution >= 0.6 is 9.24 Å². The summed E-state index contributed by atoms with van der Waals surface area (Å²) < 4.78 is 0. The largest absolute Gasteiger partial charge is 0.105 e. The number of aryl methyl sites for hydroxylation is 1. The molecule has 0 nitrogen and oxygen atoms in total. The zero-order chi connectivity index (χ0) is 10.2. The quantitative estimate of drug-likeness (QED) is 0.557. The van der Waals surface area contributed by atoms with E-state index in [0.29, 0.717) is 0 Å². The first-order chi connectivity index (χ1) is 5.84. The Morgan fingerprint density at radius 1 is 1.08 bits per heavy atom. The fraction of sp³-hybridized carbons (Fsp3) is 0.500. The van der Waals surface area contributed by atoms with E-state index in [1.165, 1.54) is 22.0 Å². The lowest BCUT2D eigenvalue weighted by molar-refractivity contribution is 0.594. The van der Waals surface area contributed by atoms with Crippen molar-refractivity contribution >= 4 is 14.5 Å². The number of benzene rings is 1. The standard InChI is InChI=1S/C12H19P/c1-8-6-7-10(12(3,4)5)11(13)9(8)2/h6-7H,13H2,1-5H3. The molecule has 0 heterocycles. The van der Waals surface area contributed by atoms with Crippen molar-refractivity contribution in [2.45, 2.75) is 40.0 Å². The molecular weight excluding hydrogens is 175 g/mol. The van der Waals surface area contributed by atoms with Gasteiger partial charge in [-0.15, -0.1) is 9.24 Å². The molecule has 1 heteroatoms. The number of hydrogen-bond acceptors (Lipinski definition) is 0. The van der Waals surface area contributed by atoms with Crippen molar-refractivity contribution in [1.29, 1.82) is 0 Å². The third-order valence-electron chi connectivity index (χ3n) is 2.59. The molecule has 0 saturated heterocycles. The van der Waals surface area contributed by atoms with Gasteiger partial charge in [-0.05, 0) is 41.3 Å². The van der Waals surface area contributed by atoms with Gasteiger partial charge in [0.2, 0.25) is 0 Å². The van der Waals surface area contributed by atoms with Crippen molar-refractivity contribution in [2.75, 3.05) is 0 Å². The lowest BCUT2D eigenvalue weighted by Crippen LogP contribution is -2.20. The van der Waals surface area contributed by atoms with Crippen molar-refractivity contribution in [3.05, 3.63) is 28.8 Å². The highest BCUT2D eigenvalue weighted by molar-refractivity contribution is 7.27. The summed E-state index contributed by atoms with van der Waals surface area (Å²) in [5.74, 6) is 0. The first kappa shape index (κ1) is 10.7. The monoisotopic (exact) mass is 194 g/mol. The van der Waals surface area contributed by atoms with E-state index in [1.807, 2.05) is 0 Å². The fourth-order valence-corrected chi connectivity index (χ4v) is 2.25. The molecule has 0 amide bonds. The van der Waals surface area contributed by atoms with Crippen LogP contribution in [0.1, 0.15) is 37.5 Å². The Labute approximate surface area is 84.0 Å². The lowest BCUT2D eigenvalue weighted by Gasteiger charge is -2.23. The summed E-state index contributed by atoms with van der Waals surface area (Å²) in [5.41, 5.74) is 4.45. The van der Waals surface area contributed by atoms with E-state index >= 15 is 0 Å². The normalized spacial score (nSPS) is 11.8. The second kappa shape index (κ2) is 3.42. The van der Waals surface area contributed by atoms with Gasteiger partial charge in [0, 0.05) is 0 Å². The first-order valence-electron chi connectivity index (χ1n) is 4.70. The highest BCUT2D eigenvalue weighted by Gasteiger charge is 2.17. The SMILES string of the molecule is Cc1ccc(C(C)(C)C)c(P)c1C. The minimum Gasteiger partial charge on any atom is -0.105 e. The maximum absolute atomic E-state index is 2.87. The summed E-state index contributed by atoms with van der Waals surface area (Å²) in [4.78, 5) is 0. The summed E-state index contributed by atoms with van der Waals surface area (Å²) in [7, 11) is 2.87. The molecule has 72 valence electrons. The maximum atomic E-state index is 2.87. The molecular formula is C12H19P. The van der Waals surface area contributed by atoms with Gasteiger partial charge in [-0.2, -0.15) is 0 Å². The molecule has 0 aromatic heterocycles. The van der Waals surface area contributed by atoms with E-state index in [0.717, 1.165) is 0 Å². The van der Waals surface area contributed by atoms with E-state index in [1.54, 1.807) is 0 Å². The predicted octanol–water partition coefficient (Wildman–Crippen LogP) is 3.10. The van der Waals surface area contributed by atoms with Gasteiger partial charge >= 0.3 is 0 Å². The summed E-state index contributed by atoms with van der Waals surface area (Å²) in [6.45, 7) is 11.1. The van der Waals surface area contributed by atoms with Crippen LogP contribution in [0.2, 0.25) is 0 Å². The van der Waals surface area contributed by atoms with Crippen molar-refractivity contribution < 1.29 is 0 Å². The summed E-state index contributed by atoms with van der Waals surface area (Å²) in [6, 6.07) is 4.45. The topological polar surface area (TPSA) is 0 Å². The lowest BCUT2D eigenvalue weighted by atomic mass is 9.85. The predicted molar refractivity (Wildman–Crippen MR) is 64.0 cm³/mol. The van der Waals surface area contributed by atoms with Gasteiger partial charge in [-0.1, -0.05) is 32.9 Å². The van der Waals surface area contributed by atoms with Gasteiger partial charge < -0.3 is 0 Å². The van der Waals surface area contributed by atoms with E-state index < -0.39 is 0 Å². The molecule has 1 aromatic rings. The van der Waals surface area contributed by atoms with Gasteiger partial charge in [0.25, 0.3) is 0 Å². The molecule has 0 aliphatic heterocycles. The van der Waals surface area contributed by atoms with Gasteiger partial charge in [0.1, 0.15) is 0 Å². The Kier molecular flexibility index (Phi) is 2.82. The molecule has 0 spiro atoms. The summed E-state index contributed by atoms with van der Waals surface area (Å²) in [6.07, 6.45) is 0. The van der Waals surface area contributed by atoms with E-state index in [-0.39, 0.29) is 5.41 Å². The molecule has 1 unspecified atom stereocenters. The average molecular weight is 194 g/mol. The average Bonchev–Trinajstić information content (AvgIpc) is 1.98. The molecule has 1 aromatic carbocycles. The molecule has 0 radical (unpaired) electrons. The van der Waals surface area contributed by atoms with E-state index in [9.17, 15) is 0 Å². The second-order valence-electron chi connectivity index (χ2n) is 4.72. The zero-order valence-corrected chi connectivity index (χ0v) is 10.4. The van der Waals surface area contributed by atoms with Gasteiger partial charge in [0.15, 0.2) is 0 Å². The Bertz CT molecular complexity index is 319. The Balaban J connectivity index is 3.35. The summed E-state index contributed by atoms with van der Waals surface area (Å²) >= 11 is 0. The maximum Gasteiger partial charge on any atom is -0.0126 e. The molecule has 0 fully saturated rings. The molecule has 1 rings (SSSR count). The van der Waals surface area contributed by atoms with Crippen molar-refractivity contribution in [1.82, 2.24) is 0 Å². The Morgan fingerprint density at radius 3 is 2.08 bits per heavy atom. The fourth-order valence-electron chi connectivity index (χ4n) is 1.49. The highest BCUT2D eigenvalue weighted by Crippen LogP contribution is 2.24. The van der Waals surface area contributed by atoms with Gasteiger partial charge in [-0.25, -0.2) is 0 Å². The Hall–Kier alpha value is -0.350. The van der Waals surface area contributed by atoms with Crippen LogP contribution in [0.5, 0.6) is 0 Å². The minimum atomic E-state index is 0.246. The van der Waals surface area contributed by atoms with Crippen molar-refractivity contribution in [3.63, 3.8) is 0 Å². The van der Waals surface area contributed by atoms with Crippen molar-refractivity contribution in [2.24, 2.45) is 0 Å².